The fourth-order valence-electron chi connectivity index (χ4n) is 4.60. The van der Waals surface area contributed by atoms with E-state index >= 15 is 0 Å². The summed E-state index contributed by atoms with van der Waals surface area (Å²) in [5.41, 5.74) is 12.9. The van der Waals surface area contributed by atoms with Gasteiger partial charge in [-0.05, 0) is 63.5 Å². The molecule has 0 saturated carbocycles. The Balaban J connectivity index is 1.29. The van der Waals surface area contributed by atoms with Gasteiger partial charge in [0.05, 0.1) is 12.8 Å². The number of methoxy groups -OCH3 is 1. The maximum atomic E-state index is 6.22. The minimum Gasteiger partial charge on any atom is -0.497 e. The molecule has 5 rings (SSSR count). The summed E-state index contributed by atoms with van der Waals surface area (Å²) in [6.07, 6.45) is 2.17. The molecule has 1 aromatic carbocycles. The van der Waals surface area contributed by atoms with Crippen molar-refractivity contribution in [2.45, 2.75) is 39.2 Å². The average molecular weight is 405 g/mol. The van der Waals surface area contributed by atoms with Crippen molar-refractivity contribution < 1.29 is 4.74 Å². The number of rotatable bonds is 4. The van der Waals surface area contributed by atoms with Gasteiger partial charge in [-0.1, -0.05) is 0 Å². The van der Waals surface area contributed by atoms with Gasteiger partial charge >= 0.3 is 0 Å². The minimum atomic E-state index is 0.442. The lowest BCUT2D eigenvalue weighted by atomic mass is 9.93. The van der Waals surface area contributed by atoms with E-state index in [4.69, 9.17) is 15.5 Å². The number of nitrogens with two attached hydrogens (primary N) is 1. The highest BCUT2D eigenvalue weighted by Gasteiger charge is 2.24. The van der Waals surface area contributed by atoms with Crippen LogP contribution in [0.4, 0.5) is 5.82 Å². The Morgan fingerprint density at radius 1 is 1.17 bits per heavy atom. The third kappa shape index (κ3) is 3.29. The molecule has 156 valence electrons. The Bertz CT molecular complexity index is 1220. The summed E-state index contributed by atoms with van der Waals surface area (Å²) in [6.45, 7) is 7.19. The van der Waals surface area contributed by atoms with Crippen molar-refractivity contribution in [1.82, 2.24) is 24.5 Å². The second-order valence-electron chi connectivity index (χ2n) is 8.35. The molecule has 0 amide bonds. The van der Waals surface area contributed by atoms with Gasteiger partial charge in [-0.25, -0.2) is 4.98 Å². The summed E-state index contributed by atoms with van der Waals surface area (Å²) in [4.78, 5) is 11.0. The number of likely N-dealkylation sites (tertiary alicyclic amines) is 1. The van der Waals surface area contributed by atoms with Crippen molar-refractivity contribution >= 4 is 22.4 Å². The van der Waals surface area contributed by atoms with E-state index in [0.29, 0.717) is 11.7 Å². The van der Waals surface area contributed by atoms with Crippen LogP contribution in [0.3, 0.4) is 0 Å². The molecule has 4 heterocycles. The predicted molar refractivity (Wildman–Crippen MR) is 119 cm³/mol. The number of nitrogen functional groups attached to an aromatic ring is 1. The number of piperidine rings is 1. The highest BCUT2D eigenvalue weighted by atomic mass is 16.5. The first-order valence-corrected chi connectivity index (χ1v) is 10.5. The lowest BCUT2D eigenvalue weighted by molar-refractivity contribution is 0.201. The summed E-state index contributed by atoms with van der Waals surface area (Å²) in [6, 6.07) is 10.2. The third-order valence-electron chi connectivity index (χ3n) is 6.35. The molecule has 1 aliphatic rings. The largest absolute Gasteiger partial charge is 0.497 e. The van der Waals surface area contributed by atoms with E-state index in [0.717, 1.165) is 55.3 Å². The Morgan fingerprint density at radius 3 is 2.73 bits per heavy atom. The number of nitrogens with one attached hydrogen (secondary N) is 1. The van der Waals surface area contributed by atoms with E-state index in [1.807, 2.05) is 25.1 Å². The van der Waals surface area contributed by atoms with Crippen LogP contribution in [0, 0.1) is 13.8 Å². The number of nitrogens with zero attached hydrogens (tertiary/aromatic N) is 4. The van der Waals surface area contributed by atoms with Gasteiger partial charge in [0.25, 0.3) is 0 Å². The molecule has 0 bridgehead atoms. The second kappa shape index (κ2) is 7.32. The molecular weight excluding hydrogens is 376 g/mol. The van der Waals surface area contributed by atoms with Gasteiger partial charge < -0.3 is 15.5 Å². The summed E-state index contributed by atoms with van der Waals surface area (Å²) in [5, 5.41) is 5.64. The van der Waals surface area contributed by atoms with Crippen molar-refractivity contribution in [3.63, 3.8) is 0 Å². The number of hydrogen-bond donors (Lipinski definition) is 2. The van der Waals surface area contributed by atoms with Gasteiger partial charge in [0.2, 0.25) is 0 Å². The van der Waals surface area contributed by atoms with Crippen LogP contribution in [-0.4, -0.2) is 44.7 Å². The first kappa shape index (κ1) is 18.9. The maximum absolute atomic E-state index is 6.22. The van der Waals surface area contributed by atoms with Crippen LogP contribution in [0.15, 0.2) is 30.3 Å². The van der Waals surface area contributed by atoms with Gasteiger partial charge in [0, 0.05) is 46.9 Å². The van der Waals surface area contributed by atoms with Gasteiger partial charge in [-0.3, -0.25) is 4.90 Å². The summed E-state index contributed by atoms with van der Waals surface area (Å²) < 4.78 is 7.11. The van der Waals surface area contributed by atoms with Crippen LogP contribution in [0.25, 0.3) is 16.6 Å². The highest BCUT2D eigenvalue weighted by molar-refractivity contribution is 5.85. The van der Waals surface area contributed by atoms with Gasteiger partial charge in [0.15, 0.2) is 5.65 Å². The molecular formula is C23H28N6O. The molecule has 30 heavy (non-hydrogen) atoms. The first-order valence-electron chi connectivity index (χ1n) is 10.5. The molecule has 0 aliphatic carbocycles. The molecule has 3 N–H and O–H groups in total. The van der Waals surface area contributed by atoms with E-state index in [9.17, 15) is 0 Å². The van der Waals surface area contributed by atoms with Crippen LogP contribution in [0.2, 0.25) is 0 Å². The predicted octanol–water partition coefficient (Wildman–Crippen LogP) is 3.80. The Hall–Kier alpha value is -3.06. The van der Waals surface area contributed by atoms with Crippen LogP contribution in [-0.2, 0) is 6.54 Å². The molecule has 1 aliphatic heterocycles. The van der Waals surface area contributed by atoms with Crippen molar-refractivity contribution in [1.29, 1.82) is 0 Å². The Labute approximate surface area is 175 Å². The van der Waals surface area contributed by atoms with E-state index in [-0.39, 0.29) is 0 Å². The second-order valence-corrected chi connectivity index (χ2v) is 8.35. The lowest BCUT2D eigenvalue weighted by Crippen LogP contribution is -2.33. The molecule has 3 aromatic heterocycles. The number of aromatic amines is 1. The number of anilines is 1. The third-order valence-corrected chi connectivity index (χ3v) is 6.35. The Kier molecular flexibility index (Phi) is 4.62. The van der Waals surface area contributed by atoms with E-state index in [2.05, 4.69) is 34.0 Å². The normalized spacial score (nSPS) is 16.0. The van der Waals surface area contributed by atoms with Crippen LogP contribution < -0.4 is 10.5 Å². The minimum absolute atomic E-state index is 0.442. The first-order chi connectivity index (χ1) is 14.5. The number of ether oxygens (including phenoxy) is 1. The Morgan fingerprint density at radius 2 is 1.97 bits per heavy atom. The zero-order valence-electron chi connectivity index (χ0n) is 17.8. The molecule has 4 aromatic rings. The number of fused-ring (bicyclic) bond motifs is 2. The lowest BCUT2D eigenvalue weighted by Gasteiger charge is -2.31. The summed E-state index contributed by atoms with van der Waals surface area (Å²) in [7, 11) is 1.71. The van der Waals surface area contributed by atoms with E-state index in [1.54, 1.807) is 11.6 Å². The van der Waals surface area contributed by atoms with Crippen molar-refractivity contribution in [3.8, 4) is 5.75 Å². The number of hydrogen-bond acceptors (Lipinski definition) is 5. The fourth-order valence-corrected chi connectivity index (χ4v) is 4.60. The zero-order chi connectivity index (χ0) is 20.8. The van der Waals surface area contributed by atoms with Crippen molar-refractivity contribution in [2.75, 3.05) is 25.9 Å². The SMILES string of the molecule is COc1ccc2[nH]c(CN3CCC(c4cc(N)n5nc(C)cc5n4)CC3)c(C)c2c1. The quantitative estimate of drug-likeness (QED) is 0.540. The molecule has 0 radical (unpaired) electrons. The van der Waals surface area contributed by atoms with E-state index < -0.39 is 0 Å². The van der Waals surface area contributed by atoms with Gasteiger partial charge in [-0.2, -0.15) is 9.61 Å². The number of benzene rings is 1. The molecule has 0 spiro atoms. The van der Waals surface area contributed by atoms with Crippen LogP contribution in [0.1, 0.15) is 41.4 Å². The topological polar surface area (TPSA) is 84.5 Å². The van der Waals surface area contributed by atoms with Crippen molar-refractivity contribution in [2.24, 2.45) is 0 Å². The van der Waals surface area contributed by atoms with Gasteiger partial charge in [0.1, 0.15) is 11.6 Å². The van der Waals surface area contributed by atoms with E-state index in [1.165, 1.54) is 22.2 Å². The summed E-state index contributed by atoms with van der Waals surface area (Å²) in [5.74, 6) is 2.00. The monoisotopic (exact) mass is 404 g/mol. The van der Waals surface area contributed by atoms with Crippen LogP contribution in [0.5, 0.6) is 5.75 Å². The zero-order valence-corrected chi connectivity index (χ0v) is 17.8. The smallest absolute Gasteiger partial charge is 0.157 e. The van der Waals surface area contributed by atoms with Crippen LogP contribution >= 0.6 is 0 Å². The molecule has 0 atom stereocenters. The molecule has 7 nitrogen and oxygen atoms in total. The molecule has 1 fully saturated rings. The standard InChI is InChI=1S/C23H28N6O/c1-14-10-23-26-20(12-22(24)29(23)27-14)16-6-8-28(9-7-16)13-21-15(2)18-11-17(30-3)4-5-19(18)25-21/h4-5,10-12,16,25H,6-9,13,24H2,1-3H3. The van der Waals surface area contributed by atoms with Gasteiger partial charge in [-0.15, -0.1) is 0 Å². The molecule has 0 unspecified atom stereocenters. The number of aromatic nitrogens is 4. The average Bonchev–Trinajstić information content (AvgIpc) is 3.28. The molecule has 1 saturated heterocycles. The number of H-pyrrole nitrogens is 1. The number of aryl methyl sites for hydroxylation is 2. The molecule has 7 heteroatoms. The van der Waals surface area contributed by atoms with Crippen molar-refractivity contribution in [3.05, 3.63) is 53.0 Å². The summed E-state index contributed by atoms with van der Waals surface area (Å²) >= 11 is 0. The highest BCUT2D eigenvalue weighted by Crippen LogP contribution is 2.31. The maximum Gasteiger partial charge on any atom is 0.157 e. The fraction of sp³-hybridized carbons (Fsp3) is 0.391.